The fraction of sp³-hybridized carbons (Fsp3) is 0.500. The van der Waals surface area contributed by atoms with Crippen molar-refractivity contribution in [3.63, 3.8) is 0 Å². The van der Waals surface area contributed by atoms with Crippen LogP contribution < -0.4 is 10.6 Å². The first-order valence-electron chi connectivity index (χ1n) is 7.24. The number of hydrogen-bond donors (Lipinski definition) is 3. The molecule has 0 bridgehead atoms. The van der Waals surface area contributed by atoms with Gasteiger partial charge in [0.2, 0.25) is 5.91 Å². The minimum atomic E-state index is -0.879. The summed E-state index contributed by atoms with van der Waals surface area (Å²) in [5.41, 5.74) is 0.543. The standard InChI is InChI=1S/C16H24N2O3/c1-4-16(21,5-2)11-18-14(19)10-17-15(20)13-9-7-6-8-12(13)3/h6-9,21H,4-5,10-11H2,1-3H3,(H,17,20)(H,18,19). The molecular weight excluding hydrogens is 268 g/mol. The molecule has 116 valence electrons. The SMILES string of the molecule is CCC(O)(CC)CNC(=O)CNC(=O)c1ccccc1C. The number of rotatable bonds is 7. The molecule has 2 amide bonds. The Balaban J connectivity index is 2.43. The second-order valence-corrected chi connectivity index (χ2v) is 5.21. The molecule has 1 aromatic rings. The van der Waals surface area contributed by atoms with Gasteiger partial charge in [0, 0.05) is 12.1 Å². The van der Waals surface area contributed by atoms with Crippen LogP contribution in [0.3, 0.4) is 0 Å². The highest BCUT2D eigenvalue weighted by atomic mass is 16.3. The van der Waals surface area contributed by atoms with Crippen LogP contribution in [-0.4, -0.2) is 35.6 Å². The van der Waals surface area contributed by atoms with Crippen molar-refractivity contribution in [1.82, 2.24) is 10.6 Å². The lowest BCUT2D eigenvalue weighted by Crippen LogP contribution is -2.45. The molecule has 0 heterocycles. The number of amides is 2. The van der Waals surface area contributed by atoms with E-state index in [0.29, 0.717) is 18.4 Å². The third-order valence-electron chi connectivity index (χ3n) is 3.73. The van der Waals surface area contributed by atoms with E-state index in [0.717, 1.165) is 5.56 Å². The van der Waals surface area contributed by atoms with E-state index in [4.69, 9.17) is 0 Å². The predicted octanol–water partition coefficient (Wildman–Crippen LogP) is 1.39. The van der Waals surface area contributed by atoms with Crippen LogP contribution in [0, 0.1) is 6.92 Å². The van der Waals surface area contributed by atoms with Gasteiger partial charge in [-0.15, -0.1) is 0 Å². The van der Waals surface area contributed by atoms with Crippen molar-refractivity contribution in [3.8, 4) is 0 Å². The molecule has 3 N–H and O–H groups in total. The molecule has 0 saturated carbocycles. The van der Waals surface area contributed by atoms with Crippen LogP contribution in [0.4, 0.5) is 0 Å². The third kappa shape index (κ3) is 5.19. The lowest BCUT2D eigenvalue weighted by Gasteiger charge is -2.25. The van der Waals surface area contributed by atoms with Gasteiger partial charge in [0.05, 0.1) is 12.1 Å². The maximum atomic E-state index is 11.9. The maximum absolute atomic E-state index is 11.9. The number of aliphatic hydroxyl groups is 1. The van der Waals surface area contributed by atoms with Crippen LogP contribution in [-0.2, 0) is 4.79 Å². The van der Waals surface area contributed by atoms with E-state index in [-0.39, 0.29) is 24.9 Å². The molecule has 5 nitrogen and oxygen atoms in total. The largest absolute Gasteiger partial charge is 0.388 e. The van der Waals surface area contributed by atoms with Crippen LogP contribution in [0.25, 0.3) is 0 Å². The molecule has 0 aliphatic heterocycles. The van der Waals surface area contributed by atoms with Gasteiger partial charge >= 0.3 is 0 Å². The smallest absolute Gasteiger partial charge is 0.251 e. The fourth-order valence-corrected chi connectivity index (χ4v) is 1.91. The van der Waals surface area contributed by atoms with Gasteiger partial charge in [-0.2, -0.15) is 0 Å². The van der Waals surface area contributed by atoms with Gasteiger partial charge in [-0.3, -0.25) is 9.59 Å². The van der Waals surface area contributed by atoms with Crippen LogP contribution in [0.5, 0.6) is 0 Å². The fourth-order valence-electron chi connectivity index (χ4n) is 1.91. The number of aryl methyl sites for hydroxylation is 1. The van der Waals surface area contributed by atoms with Gasteiger partial charge in [-0.25, -0.2) is 0 Å². The molecule has 0 fully saturated rings. The summed E-state index contributed by atoms with van der Waals surface area (Å²) in [5, 5.41) is 15.3. The average molecular weight is 292 g/mol. The summed E-state index contributed by atoms with van der Waals surface area (Å²) in [6.07, 6.45) is 1.14. The van der Waals surface area contributed by atoms with Crippen LogP contribution in [0.2, 0.25) is 0 Å². The zero-order chi connectivity index (χ0) is 15.9. The third-order valence-corrected chi connectivity index (χ3v) is 3.73. The van der Waals surface area contributed by atoms with Crippen molar-refractivity contribution >= 4 is 11.8 Å². The number of carbonyl (C=O) groups excluding carboxylic acids is 2. The first-order valence-corrected chi connectivity index (χ1v) is 7.24. The van der Waals surface area contributed by atoms with E-state index in [1.54, 1.807) is 12.1 Å². The molecule has 0 atom stereocenters. The Morgan fingerprint density at radius 3 is 2.33 bits per heavy atom. The van der Waals surface area contributed by atoms with Gasteiger partial charge < -0.3 is 15.7 Å². The van der Waals surface area contributed by atoms with Gasteiger partial charge in [-0.05, 0) is 31.4 Å². The van der Waals surface area contributed by atoms with Gasteiger partial charge in [0.1, 0.15) is 0 Å². The summed E-state index contributed by atoms with van der Waals surface area (Å²) in [5.74, 6) is -0.582. The molecule has 5 heteroatoms. The second-order valence-electron chi connectivity index (χ2n) is 5.21. The summed E-state index contributed by atoms with van der Waals surface area (Å²) < 4.78 is 0. The molecular formula is C16H24N2O3. The lowest BCUT2D eigenvalue weighted by atomic mass is 9.98. The van der Waals surface area contributed by atoms with Crippen molar-refractivity contribution in [1.29, 1.82) is 0 Å². The minimum Gasteiger partial charge on any atom is -0.388 e. The average Bonchev–Trinajstić information content (AvgIpc) is 2.50. The van der Waals surface area contributed by atoms with Crippen LogP contribution >= 0.6 is 0 Å². The van der Waals surface area contributed by atoms with Crippen molar-refractivity contribution < 1.29 is 14.7 Å². The first-order chi connectivity index (χ1) is 9.91. The van der Waals surface area contributed by atoms with Gasteiger partial charge in [0.15, 0.2) is 0 Å². The normalized spacial score (nSPS) is 11.0. The zero-order valence-electron chi connectivity index (χ0n) is 12.9. The molecule has 1 aromatic carbocycles. The topological polar surface area (TPSA) is 78.4 Å². The number of nitrogens with one attached hydrogen (secondary N) is 2. The van der Waals surface area contributed by atoms with Crippen LogP contribution in [0.1, 0.15) is 42.6 Å². The van der Waals surface area contributed by atoms with Crippen molar-refractivity contribution in [3.05, 3.63) is 35.4 Å². The highest BCUT2D eigenvalue weighted by Crippen LogP contribution is 2.12. The van der Waals surface area contributed by atoms with E-state index in [2.05, 4.69) is 10.6 Å². The second kappa shape index (κ2) is 7.78. The summed E-state index contributed by atoms with van der Waals surface area (Å²) in [4.78, 5) is 23.6. The highest BCUT2D eigenvalue weighted by Gasteiger charge is 2.22. The summed E-state index contributed by atoms with van der Waals surface area (Å²) in [6, 6.07) is 7.20. The molecule has 0 aliphatic carbocycles. The van der Waals surface area contributed by atoms with E-state index < -0.39 is 5.60 Å². The summed E-state index contributed by atoms with van der Waals surface area (Å²) in [6.45, 7) is 5.68. The maximum Gasteiger partial charge on any atom is 0.251 e. The predicted molar refractivity (Wildman–Crippen MR) is 82.1 cm³/mol. The number of benzene rings is 1. The van der Waals surface area contributed by atoms with Gasteiger partial charge in [0.25, 0.3) is 5.91 Å². The molecule has 0 unspecified atom stereocenters. The van der Waals surface area contributed by atoms with E-state index >= 15 is 0 Å². The number of carbonyl (C=O) groups is 2. The van der Waals surface area contributed by atoms with E-state index in [1.807, 2.05) is 32.9 Å². The van der Waals surface area contributed by atoms with E-state index in [1.165, 1.54) is 0 Å². The Labute approximate surface area is 125 Å². The summed E-state index contributed by atoms with van der Waals surface area (Å²) in [7, 11) is 0. The van der Waals surface area contributed by atoms with Crippen molar-refractivity contribution in [2.75, 3.05) is 13.1 Å². The Morgan fingerprint density at radius 2 is 1.76 bits per heavy atom. The van der Waals surface area contributed by atoms with Crippen molar-refractivity contribution in [2.45, 2.75) is 39.2 Å². The molecule has 0 spiro atoms. The quantitative estimate of drug-likeness (QED) is 0.710. The molecule has 0 aromatic heterocycles. The molecule has 0 radical (unpaired) electrons. The minimum absolute atomic E-state index is 0.101. The highest BCUT2D eigenvalue weighted by molar-refractivity contribution is 5.97. The van der Waals surface area contributed by atoms with Gasteiger partial charge in [-0.1, -0.05) is 32.0 Å². The first kappa shape index (κ1) is 17.2. The summed E-state index contributed by atoms with van der Waals surface area (Å²) >= 11 is 0. The zero-order valence-corrected chi connectivity index (χ0v) is 12.9. The molecule has 0 aliphatic rings. The Kier molecular flexibility index (Phi) is 6.37. The lowest BCUT2D eigenvalue weighted by molar-refractivity contribution is -0.121. The molecule has 1 rings (SSSR count). The van der Waals surface area contributed by atoms with Crippen molar-refractivity contribution in [2.24, 2.45) is 0 Å². The number of hydrogen-bond acceptors (Lipinski definition) is 3. The van der Waals surface area contributed by atoms with Crippen LogP contribution in [0.15, 0.2) is 24.3 Å². The monoisotopic (exact) mass is 292 g/mol. The Morgan fingerprint density at radius 1 is 1.14 bits per heavy atom. The Bertz CT molecular complexity index is 496. The molecule has 0 saturated heterocycles. The Hall–Kier alpha value is -1.88. The van der Waals surface area contributed by atoms with E-state index in [9.17, 15) is 14.7 Å². The molecule has 21 heavy (non-hydrogen) atoms.